The van der Waals surface area contributed by atoms with Crippen LogP contribution in [-0.4, -0.2) is 28.0 Å². The van der Waals surface area contributed by atoms with Crippen molar-refractivity contribution in [2.45, 2.75) is 14.4 Å². The van der Waals surface area contributed by atoms with Crippen molar-refractivity contribution in [1.82, 2.24) is 15.0 Å². The minimum Gasteiger partial charge on any atom is -0.481 e. The van der Waals surface area contributed by atoms with Gasteiger partial charge >= 0.3 is 0 Å². The fraction of sp³-hybridized carbons (Fsp3) is 0.143. The fourth-order valence-corrected chi connectivity index (χ4v) is 2.24. The van der Waals surface area contributed by atoms with Gasteiger partial charge in [0, 0.05) is 29.6 Å². The lowest BCUT2D eigenvalue weighted by Gasteiger charge is -2.11. The SMILES string of the molecule is C.C=CC(=O)Nc1cccc(Oc2nc(Nc3ccc(OC)nc3)ncc2C)c1. The van der Waals surface area contributed by atoms with Crippen LogP contribution in [0.4, 0.5) is 17.3 Å². The van der Waals surface area contributed by atoms with Crippen molar-refractivity contribution in [1.29, 1.82) is 0 Å². The number of rotatable bonds is 7. The van der Waals surface area contributed by atoms with Gasteiger partial charge in [-0.15, -0.1) is 0 Å². The largest absolute Gasteiger partial charge is 0.481 e. The summed E-state index contributed by atoms with van der Waals surface area (Å²) in [6, 6.07) is 10.5. The molecule has 0 saturated heterocycles. The summed E-state index contributed by atoms with van der Waals surface area (Å²) < 4.78 is 10.9. The minimum absolute atomic E-state index is 0. The van der Waals surface area contributed by atoms with Crippen LogP contribution >= 0.6 is 0 Å². The number of nitrogens with zero attached hydrogens (tertiary/aromatic N) is 3. The predicted octanol–water partition coefficient (Wildman–Crippen LogP) is 4.49. The third kappa shape index (κ3) is 5.77. The third-order valence-corrected chi connectivity index (χ3v) is 3.63. The molecule has 0 bridgehead atoms. The van der Waals surface area contributed by atoms with E-state index < -0.39 is 0 Å². The van der Waals surface area contributed by atoms with Crippen molar-refractivity contribution in [3.8, 4) is 17.5 Å². The molecule has 2 aromatic heterocycles. The highest BCUT2D eigenvalue weighted by Gasteiger charge is 2.08. The Morgan fingerprint density at radius 1 is 1.14 bits per heavy atom. The van der Waals surface area contributed by atoms with Crippen molar-refractivity contribution in [2.75, 3.05) is 17.7 Å². The number of methoxy groups -OCH3 is 1. The molecule has 3 rings (SSSR count). The molecule has 0 atom stereocenters. The van der Waals surface area contributed by atoms with Crippen LogP contribution in [0.1, 0.15) is 13.0 Å². The van der Waals surface area contributed by atoms with Crippen LogP contribution < -0.4 is 20.1 Å². The molecule has 0 radical (unpaired) electrons. The van der Waals surface area contributed by atoms with Crippen molar-refractivity contribution in [2.24, 2.45) is 0 Å². The number of nitrogens with one attached hydrogen (secondary N) is 2. The van der Waals surface area contributed by atoms with E-state index in [9.17, 15) is 4.79 Å². The molecule has 0 aliphatic carbocycles. The van der Waals surface area contributed by atoms with Gasteiger partial charge in [0.25, 0.3) is 0 Å². The molecule has 0 aliphatic rings. The van der Waals surface area contributed by atoms with Crippen LogP contribution in [0.25, 0.3) is 0 Å². The standard InChI is InChI=1S/C20H19N5O3.CH4/c1-4-17(26)23-14-6-5-7-16(10-14)28-19-13(2)11-22-20(25-19)24-15-8-9-18(27-3)21-12-15;/h4-12H,1H2,2-3H3,(H,23,26)(H,22,24,25);1H4. The van der Waals surface area contributed by atoms with Crippen molar-refractivity contribution < 1.29 is 14.3 Å². The van der Waals surface area contributed by atoms with Crippen LogP contribution in [0.2, 0.25) is 0 Å². The van der Waals surface area contributed by atoms with Crippen LogP contribution in [0.15, 0.2) is 61.4 Å². The van der Waals surface area contributed by atoms with E-state index in [4.69, 9.17) is 9.47 Å². The molecule has 1 aromatic carbocycles. The number of pyridine rings is 1. The zero-order valence-corrected chi connectivity index (χ0v) is 15.5. The number of aromatic nitrogens is 3. The van der Waals surface area contributed by atoms with E-state index in [0.29, 0.717) is 34.8 Å². The monoisotopic (exact) mass is 393 g/mol. The number of benzene rings is 1. The number of hydrogen-bond donors (Lipinski definition) is 2. The maximum absolute atomic E-state index is 11.5. The van der Waals surface area contributed by atoms with Crippen LogP contribution in [0, 0.1) is 6.92 Å². The summed E-state index contributed by atoms with van der Waals surface area (Å²) in [5.74, 6) is 1.51. The van der Waals surface area contributed by atoms with Gasteiger partial charge in [-0.05, 0) is 31.2 Å². The Balaban J connectivity index is 0.00000300. The van der Waals surface area contributed by atoms with Gasteiger partial charge in [0.15, 0.2) is 0 Å². The van der Waals surface area contributed by atoms with Gasteiger partial charge in [0.1, 0.15) is 5.75 Å². The Bertz CT molecular complexity index is 990. The first-order valence-electron chi connectivity index (χ1n) is 8.39. The number of aryl methyl sites for hydroxylation is 1. The number of ether oxygens (including phenoxy) is 2. The van der Waals surface area contributed by atoms with Gasteiger partial charge < -0.3 is 20.1 Å². The normalized spacial score (nSPS) is 9.72. The Morgan fingerprint density at radius 3 is 2.66 bits per heavy atom. The summed E-state index contributed by atoms with van der Waals surface area (Å²) >= 11 is 0. The minimum atomic E-state index is -0.296. The van der Waals surface area contributed by atoms with Gasteiger partial charge in [-0.3, -0.25) is 4.79 Å². The van der Waals surface area contributed by atoms with Crippen LogP contribution in [0.5, 0.6) is 17.5 Å². The fourth-order valence-electron chi connectivity index (χ4n) is 2.24. The molecular formula is C21H23N5O3. The molecule has 3 aromatic rings. The maximum Gasteiger partial charge on any atom is 0.247 e. The van der Waals surface area contributed by atoms with Crippen LogP contribution in [0.3, 0.4) is 0 Å². The van der Waals surface area contributed by atoms with E-state index in [1.54, 1.807) is 55.9 Å². The molecule has 0 saturated carbocycles. The molecule has 2 N–H and O–H groups in total. The zero-order chi connectivity index (χ0) is 19.9. The average Bonchev–Trinajstić information content (AvgIpc) is 2.71. The molecule has 0 fully saturated rings. The zero-order valence-electron chi connectivity index (χ0n) is 15.5. The van der Waals surface area contributed by atoms with Gasteiger partial charge in [-0.1, -0.05) is 20.1 Å². The van der Waals surface area contributed by atoms with Crippen molar-refractivity contribution in [3.05, 3.63) is 67.0 Å². The first kappa shape index (κ1) is 21.4. The summed E-state index contributed by atoms with van der Waals surface area (Å²) in [4.78, 5) is 24.2. The number of anilines is 3. The molecule has 29 heavy (non-hydrogen) atoms. The number of carbonyl (C=O) groups is 1. The van der Waals surface area contributed by atoms with E-state index in [1.807, 2.05) is 6.92 Å². The number of hydrogen-bond acceptors (Lipinski definition) is 7. The van der Waals surface area contributed by atoms with E-state index in [0.717, 1.165) is 5.56 Å². The van der Waals surface area contributed by atoms with Gasteiger partial charge in [0.2, 0.25) is 23.6 Å². The topological polar surface area (TPSA) is 98.3 Å². The summed E-state index contributed by atoms with van der Waals surface area (Å²) in [6.07, 6.45) is 4.48. The molecular weight excluding hydrogens is 370 g/mol. The summed E-state index contributed by atoms with van der Waals surface area (Å²) in [6.45, 7) is 5.28. The Kier molecular flexibility index (Phi) is 7.25. The van der Waals surface area contributed by atoms with Gasteiger partial charge in [0.05, 0.1) is 19.0 Å². The average molecular weight is 393 g/mol. The van der Waals surface area contributed by atoms with E-state index >= 15 is 0 Å². The second-order valence-electron chi connectivity index (χ2n) is 5.72. The highest BCUT2D eigenvalue weighted by atomic mass is 16.5. The summed E-state index contributed by atoms with van der Waals surface area (Å²) in [7, 11) is 1.56. The quantitative estimate of drug-likeness (QED) is 0.571. The molecule has 0 spiro atoms. The van der Waals surface area contributed by atoms with E-state index in [2.05, 4.69) is 32.2 Å². The van der Waals surface area contributed by atoms with Crippen molar-refractivity contribution >= 4 is 23.2 Å². The first-order valence-corrected chi connectivity index (χ1v) is 8.39. The summed E-state index contributed by atoms with van der Waals surface area (Å²) in [5, 5.41) is 5.75. The lowest BCUT2D eigenvalue weighted by molar-refractivity contribution is -0.111. The smallest absolute Gasteiger partial charge is 0.247 e. The third-order valence-electron chi connectivity index (χ3n) is 3.63. The second-order valence-corrected chi connectivity index (χ2v) is 5.72. The van der Waals surface area contributed by atoms with Gasteiger partial charge in [-0.25, -0.2) is 9.97 Å². The molecule has 2 heterocycles. The predicted molar refractivity (Wildman–Crippen MR) is 113 cm³/mol. The van der Waals surface area contributed by atoms with Crippen molar-refractivity contribution in [3.63, 3.8) is 0 Å². The molecule has 8 nitrogen and oxygen atoms in total. The number of amides is 1. The molecule has 0 aliphatic heterocycles. The highest BCUT2D eigenvalue weighted by molar-refractivity contribution is 5.98. The van der Waals surface area contributed by atoms with E-state index in [1.165, 1.54) is 6.08 Å². The maximum atomic E-state index is 11.5. The second kappa shape index (κ2) is 9.84. The lowest BCUT2D eigenvalue weighted by Crippen LogP contribution is -2.07. The lowest BCUT2D eigenvalue weighted by atomic mass is 10.3. The summed E-state index contributed by atoms with van der Waals surface area (Å²) in [5.41, 5.74) is 2.07. The first-order chi connectivity index (χ1) is 13.6. The Labute approximate surface area is 169 Å². The highest BCUT2D eigenvalue weighted by Crippen LogP contribution is 2.26. The van der Waals surface area contributed by atoms with E-state index in [-0.39, 0.29) is 13.3 Å². The van der Waals surface area contributed by atoms with Gasteiger partial charge in [-0.2, -0.15) is 4.98 Å². The number of carbonyl (C=O) groups excluding carboxylic acids is 1. The Morgan fingerprint density at radius 2 is 1.97 bits per heavy atom. The van der Waals surface area contributed by atoms with Crippen LogP contribution in [-0.2, 0) is 4.79 Å². The molecule has 150 valence electrons. The Hall–Kier alpha value is -3.94. The molecule has 8 heteroatoms. The molecule has 1 amide bonds. The molecule has 0 unspecified atom stereocenters.